The fraction of sp³-hybridized carbons (Fsp3) is 0.125. The number of halogens is 2. The molecule has 0 aliphatic heterocycles. The highest BCUT2D eigenvalue weighted by molar-refractivity contribution is 14.1. The van der Waals surface area contributed by atoms with E-state index in [-0.39, 0.29) is 18.8 Å². The minimum absolute atomic E-state index is 0. The van der Waals surface area contributed by atoms with Crippen molar-refractivity contribution in [3.63, 3.8) is 0 Å². The third-order valence-electron chi connectivity index (χ3n) is 1.27. The lowest BCUT2D eigenvalue weighted by Crippen LogP contribution is -1.99. The molecule has 2 nitrogen and oxygen atoms in total. The molecule has 66 valence electrons. The van der Waals surface area contributed by atoms with Crippen LogP contribution in [0.3, 0.4) is 0 Å². The van der Waals surface area contributed by atoms with Crippen LogP contribution < -0.4 is 0 Å². The van der Waals surface area contributed by atoms with Gasteiger partial charge in [-0.25, -0.2) is 0 Å². The van der Waals surface area contributed by atoms with Crippen molar-refractivity contribution in [2.45, 2.75) is 6.42 Å². The van der Waals surface area contributed by atoms with Crippen LogP contribution in [0.25, 0.3) is 0 Å². The molecule has 0 unspecified atom stereocenters. The molecule has 0 bridgehead atoms. The molecule has 0 aromatic heterocycles. The molecular formula is C8H8ClIO2. The number of hydrogen-bond donors (Lipinski definition) is 1. The Kier molecular flexibility index (Phi) is 5.24. The molecule has 0 atom stereocenters. The molecule has 1 rings (SSSR count). The molecule has 0 saturated carbocycles. The first-order chi connectivity index (χ1) is 5.18. The highest BCUT2D eigenvalue weighted by Crippen LogP contribution is 2.06. The van der Waals surface area contributed by atoms with E-state index in [1.54, 1.807) is 0 Å². The van der Waals surface area contributed by atoms with Crippen LogP contribution in [0.15, 0.2) is 24.3 Å². The molecule has 0 radical (unpaired) electrons. The lowest BCUT2D eigenvalue weighted by molar-refractivity contribution is -0.136. The second-order valence-corrected chi connectivity index (χ2v) is 3.44. The molecular weight excluding hydrogens is 290 g/mol. The van der Waals surface area contributed by atoms with Crippen molar-refractivity contribution >= 4 is 41.0 Å². The van der Waals surface area contributed by atoms with E-state index < -0.39 is 5.97 Å². The van der Waals surface area contributed by atoms with Crippen LogP contribution in [0.5, 0.6) is 0 Å². The number of hydrogen-bond acceptors (Lipinski definition) is 1. The summed E-state index contributed by atoms with van der Waals surface area (Å²) in [5.74, 6) is -0.786. The number of carboxylic acid groups (broad SMARTS) is 1. The highest BCUT2D eigenvalue weighted by Gasteiger charge is 1.98. The van der Waals surface area contributed by atoms with Crippen molar-refractivity contribution in [2.24, 2.45) is 0 Å². The Morgan fingerprint density at radius 2 is 1.83 bits per heavy atom. The minimum atomic E-state index is -0.786. The van der Waals surface area contributed by atoms with Crippen molar-refractivity contribution in [1.29, 1.82) is 0 Å². The maximum absolute atomic E-state index is 10.3. The van der Waals surface area contributed by atoms with Gasteiger partial charge in [0.2, 0.25) is 0 Å². The lowest BCUT2D eigenvalue weighted by Gasteiger charge is -1.95. The summed E-state index contributed by atoms with van der Waals surface area (Å²) in [7, 11) is 0. The monoisotopic (exact) mass is 298 g/mol. The third kappa shape index (κ3) is 3.92. The van der Waals surface area contributed by atoms with Gasteiger partial charge < -0.3 is 5.11 Å². The molecule has 0 heterocycles. The second kappa shape index (κ2) is 5.37. The van der Waals surface area contributed by atoms with Gasteiger partial charge in [0.25, 0.3) is 0 Å². The SMILES string of the molecule is Cl.O=C(O)Cc1ccc(I)cc1. The Balaban J connectivity index is 0.00000121. The van der Waals surface area contributed by atoms with Crippen molar-refractivity contribution in [1.82, 2.24) is 0 Å². The summed E-state index contributed by atoms with van der Waals surface area (Å²) >= 11 is 2.18. The van der Waals surface area contributed by atoms with Crippen molar-refractivity contribution in [3.8, 4) is 0 Å². The van der Waals surface area contributed by atoms with Gasteiger partial charge in [-0.3, -0.25) is 4.79 Å². The normalized spacial score (nSPS) is 8.75. The summed E-state index contributed by atoms with van der Waals surface area (Å²) in [4.78, 5) is 10.3. The van der Waals surface area contributed by atoms with Crippen molar-refractivity contribution in [2.75, 3.05) is 0 Å². The van der Waals surface area contributed by atoms with Crippen molar-refractivity contribution < 1.29 is 9.90 Å². The first-order valence-corrected chi connectivity index (χ1v) is 4.22. The van der Waals surface area contributed by atoms with Gasteiger partial charge in [-0.1, -0.05) is 12.1 Å². The standard InChI is InChI=1S/C8H7IO2.ClH/c9-7-3-1-6(2-4-7)5-8(10)11;/h1-4H,5H2,(H,10,11);1H. The molecule has 0 fully saturated rings. The fourth-order valence-electron chi connectivity index (χ4n) is 0.777. The zero-order valence-electron chi connectivity index (χ0n) is 6.16. The summed E-state index contributed by atoms with van der Waals surface area (Å²) in [5.41, 5.74) is 0.845. The Morgan fingerprint density at radius 3 is 2.25 bits per heavy atom. The van der Waals surface area contributed by atoms with E-state index in [2.05, 4.69) is 22.6 Å². The van der Waals surface area contributed by atoms with Gasteiger partial charge in [0.1, 0.15) is 0 Å². The van der Waals surface area contributed by atoms with Crippen LogP contribution in [-0.4, -0.2) is 11.1 Å². The number of carbonyl (C=O) groups is 1. The van der Waals surface area contributed by atoms with Crippen LogP contribution in [0.1, 0.15) is 5.56 Å². The molecule has 0 spiro atoms. The molecule has 0 aliphatic carbocycles. The zero-order valence-corrected chi connectivity index (χ0v) is 9.13. The molecule has 1 aromatic rings. The van der Waals surface area contributed by atoms with Crippen molar-refractivity contribution in [3.05, 3.63) is 33.4 Å². The zero-order chi connectivity index (χ0) is 8.27. The quantitative estimate of drug-likeness (QED) is 0.851. The maximum atomic E-state index is 10.3. The summed E-state index contributed by atoms with van der Waals surface area (Å²) in [5, 5.41) is 8.43. The van der Waals surface area contributed by atoms with Crippen LogP contribution in [0.2, 0.25) is 0 Å². The number of aliphatic carboxylic acids is 1. The first-order valence-electron chi connectivity index (χ1n) is 3.15. The smallest absolute Gasteiger partial charge is 0.307 e. The van der Waals surface area contributed by atoms with E-state index in [1.807, 2.05) is 24.3 Å². The van der Waals surface area contributed by atoms with E-state index in [0.717, 1.165) is 9.13 Å². The van der Waals surface area contributed by atoms with E-state index in [4.69, 9.17) is 5.11 Å². The summed E-state index contributed by atoms with van der Waals surface area (Å²) in [6.07, 6.45) is 0.108. The Labute approximate surface area is 90.5 Å². The second-order valence-electron chi connectivity index (χ2n) is 2.20. The van der Waals surface area contributed by atoms with E-state index >= 15 is 0 Å². The van der Waals surface area contributed by atoms with Gasteiger partial charge in [0.05, 0.1) is 6.42 Å². The molecule has 1 aromatic carbocycles. The minimum Gasteiger partial charge on any atom is -0.481 e. The highest BCUT2D eigenvalue weighted by atomic mass is 127. The lowest BCUT2D eigenvalue weighted by atomic mass is 10.2. The Hall–Kier alpha value is -0.290. The van der Waals surface area contributed by atoms with E-state index in [9.17, 15) is 4.79 Å². The maximum Gasteiger partial charge on any atom is 0.307 e. The van der Waals surface area contributed by atoms with Gasteiger partial charge in [0.15, 0.2) is 0 Å². The van der Waals surface area contributed by atoms with Gasteiger partial charge in [-0.2, -0.15) is 0 Å². The molecule has 4 heteroatoms. The molecule has 0 aliphatic rings. The fourth-order valence-corrected chi connectivity index (χ4v) is 1.14. The predicted molar refractivity (Wildman–Crippen MR) is 57.7 cm³/mol. The van der Waals surface area contributed by atoms with Crippen LogP contribution >= 0.6 is 35.0 Å². The largest absolute Gasteiger partial charge is 0.481 e. The number of carboxylic acids is 1. The number of rotatable bonds is 2. The summed E-state index contributed by atoms with van der Waals surface area (Å²) in [6, 6.07) is 7.46. The molecule has 0 saturated heterocycles. The van der Waals surface area contributed by atoms with E-state index in [1.165, 1.54) is 0 Å². The topological polar surface area (TPSA) is 37.3 Å². The van der Waals surface area contributed by atoms with Gasteiger partial charge >= 0.3 is 5.97 Å². The summed E-state index contributed by atoms with van der Waals surface area (Å²) in [6.45, 7) is 0. The average molecular weight is 299 g/mol. The van der Waals surface area contributed by atoms with Crippen LogP contribution in [-0.2, 0) is 11.2 Å². The third-order valence-corrected chi connectivity index (χ3v) is 1.99. The predicted octanol–water partition coefficient (Wildman–Crippen LogP) is 2.34. The van der Waals surface area contributed by atoms with Crippen LogP contribution in [0.4, 0.5) is 0 Å². The molecule has 0 amide bonds. The van der Waals surface area contributed by atoms with Gasteiger partial charge in [-0.05, 0) is 40.3 Å². The Morgan fingerprint density at radius 1 is 1.33 bits per heavy atom. The Bertz CT molecular complexity index is 258. The van der Waals surface area contributed by atoms with Gasteiger partial charge in [0, 0.05) is 3.57 Å². The number of benzene rings is 1. The van der Waals surface area contributed by atoms with Gasteiger partial charge in [-0.15, -0.1) is 12.4 Å². The van der Waals surface area contributed by atoms with E-state index in [0.29, 0.717) is 0 Å². The summed E-state index contributed by atoms with van der Waals surface area (Å²) < 4.78 is 1.12. The molecule has 1 N–H and O–H groups in total. The first kappa shape index (κ1) is 11.7. The average Bonchev–Trinajstić information content (AvgIpc) is 1.93. The molecule has 12 heavy (non-hydrogen) atoms. The van der Waals surface area contributed by atoms with Crippen LogP contribution in [0, 0.1) is 3.57 Å².